The van der Waals surface area contributed by atoms with E-state index in [1.54, 1.807) is 0 Å². The Morgan fingerprint density at radius 2 is 1.85 bits per heavy atom. The SMILES string of the molecule is COC(=O)c1ccc(Cc2cn(CC3CCNCC3)c3ccccc23)cc1. The van der Waals surface area contributed by atoms with Crippen LogP contribution in [0.5, 0.6) is 0 Å². The van der Waals surface area contributed by atoms with E-state index in [1.165, 1.54) is 42.0 Å². The zero-order chi connectivity index (χ0) is 18.6. The van der Waals surface area contributed by atoms with Crippen molar-refractivity contribution in [1.82, 2.24) is 9.88 Å². The molecule has 2 heterocycles. The number of ether oxygens (including phenoxy) is 1. The zero-order valence-corrected chi connectivity index (χ0v) is 15.8. The number of methoxy groups -OCH3 is 1. The molecular formula is C23H26N2O2. The number of aromatic nitrogens is 1. The van der Waals surface area contributed by atoms with Gasteiger partial charge >= 0.3 is 5.97 Å². The van der Waals surface area contributed by atoms with E-state index in [4.69, 9.17) is 4.74 Å². The van der Waals surface area contributed by atoms with Gasteiger partial charge in [0.05, 0.1) is 12.7 Å². The van der Waals surface area contributed by atoms with E-state index in [0.29, 0.717) is 5.56 Å². The van der Waals surface area contributed by atoms with Crippen LogP contribution in [0.15, 0.2) is 54.7 Å². The molecule has 1 aromatic heterocycles. The van der Waals surface area contributed by atoms with Crippen molar-refractivity contribution in [3.8, 4) is 0 Å². The lowest BCUT2D eigenvalue weighted by Gasteiger charge is -2.23. The number of carbonyl (C=O) groups is 1. The van der Waals surface area contributed by atoms with Gasteiger partial charge in [0.2, 0.25) is 0 Å². The molecule has 0 bridgehead atoms. The Hall–Kier alpha value is -2.59. The highest BCUT2D eigenvalue weighted by Gasteiger charge is 2.16. The Kier molecular flexibility index (Phi) is 5.26. The lowest BCUT2D eigenvalue weighted by atomic mass is 9.98. The largest absolute Gasteiger partial charge is 0.465 e. The fourth-order valence-corrected chi connectivity index (χ4v) is 4.05. The minimum Gasteiger partial charge on any atom is -0.465 e. The van der Waals surface area contributed by atoms with Crippen LogP contribution in [-0.2, 0) is 17.7 Å². The van der Waals surface area contributed by atoms with Crippen LogP contribution in [0.3, 0.4) is 0 Å². The van der Waals surface area contributed by atoms with E-state index < -0.39 is 0 Å². The third-order valence-corrected chi connectivity index (χ3v) is 5.55. The number of esters is 1. The van der Waals surface area contributed by atoms with Gasteiger partial charge in [0, 0.05) is 23.6 Å². The van der Waals surface area contributed by atoms with E-state index in [0.717, 1.165) is 32.0 Å². The molecule has 0 saturated carbocycles. The minimum atomic E-state index is -0.292. The van der Waals surface area contributed by atoms with Crippen molar-refractivity contribution in [2.75, 3.05) is 20.2 Å². The second-order valence-corrected chi connectivity index (χ2v) is 7.38. The van der Waals surface area contributed by atoms with Gasteiger partial charge in [-0.3, -0.25) is 0 Å². The average Bonchev–Trinajstić information content (AvgIpc) is 3.06. The maximum absolute atomic E-state index is 11.6. The maximum atomic E-state index is 11.6. The van der Waals surface area contributed by atoms with Crippen molar-refractivity contribution >= 4 is 16.9 Å². The lowest BCUT2D eigenvalue weighted by molar-refractivity contribution is 0.0600. The Labute approximate surface area is 160 Å². The number of para-hydroxylation sites is 1. The smallest absolute Gasteiger partial charge is 0.337 e. The highest BCUT2D eigenvalue weighted by atomic mass is 16.5. The zero-order valence-electron chi connectivity index (χ0n) is 15.8. The molecule has 140 valence electrons. The van der Waals surface area contributed by atoms with Gasteiger partial charge in [0.15, 0.2) is 0 Å². The number of piperidine rings is 1. The van der Waals surface area contributed by atoms with Gasteiger partial charge < -0.3 is 14.6 Å². The molecule has 1 N–H and O–H groups in total. The summed E-state index contributed by atoms with van der Waals surface area (Å²) in [4.78, 5) is 11.6. The first-order valence-corrected chi connectivity index (χ1v) is 9.69. The Morgan fingerprint density at radius 3 is 2.59 bits per heavy atom. The predicted octanol–water partition coefficient (Wildman–Crippen LogP) is 4.02. The molecule has 4 nitrogen and oxygen atoms in total. The highest BCUT2D eigenvalue weighted by molar-refractivity contribution is 5.89. The molecular weight excluding hydrogens is 336 g/mol. The van der Waals surface area contributed by atoms with Gasteiger partial charge in [-0.25, -0.2) is 4.79 Å². The summed E-state index contributed by atoms with van der Waals surface area (Å²) in [6.07, 6.45) is 5.68. The van der Waals surface area contributed by atoms with E-state index >= 15 is 0 Å². The predicted molar refractivity (Wildman–Crippen MR) is 108 cm³/mol. The molecule has 3 aromatic rings. The second kappa shape index (κ2) is 7.97. The van der Waals surface area contributed by atoms with Crippen LogP contribution < -0.4 is 5.32 Å². The molecule has 0 atom stereocenters. The van der Waals surface area contributed by atoms with Crippen LogP contribution >= 0.6 is 0 Å². The summed E-state index contributed by atoms with van der Waals surface area (Å²) in [6, 6.07) is 16.4. The van der Waals surface area contributed by atoms with Gasteiger partial charge in [-0.15, -0.1) is 0 Å². The fourth-order valence-electron chi connectivity index (χ4n) is 4.05. The van der Waals surface area contributed by atoms with Gasteiger partial charge in [0.25, 0.3) is 0 Å². The topological polar surface area (TPSA) is 43.3 Å². The maximum Gasteiger partial charge on any atom is 0.337 e. The second-order valence-electron chi connectivity index (χ2n) is 7.38. The molecule has 4 heteroatoms. The summed E-state index contributed by atoms with van der Waals surface area (Å²) in [5.41, 5.74) is 4.45. The summed E-state index contributed by atoms with van der Waals surface area (Å²) < 4.78 is 7.21. The van der Waals surface area contributed by atoms with Gasteiger partial charge in [0.1, 0.15) is 0 Å². The molecule has 0 spiro atoms. The van der Waals surface area contributed by atoms with Crippen LogP contribution in [0.2, 0.25) is 0 Å². The Bertz CT molecular complexity index is 921. The number of hydrogen-bond acceptors (Lipinski definition) is 3. The van der Waals surface area contributed by atoms with Gasteiger partial charge in [-0.2, -0.15) is 0 Å². The molecule has 27 heavy (non-hydrogen) atoms. The van der Waals surface area contributed by atoms with E-state index in [9.17, 15) is 4.79 Å². The molecule has 2 aromatic carbocycles. The summed E-state index contributed by atoms with van der Waals surface area (Å²) in [5.74, 6) is 0.453. The number of carbonyl (C=O) groups excluding carboxylic acids is 1. The number of fused-ring (bicyclic) bond motifs is 1. The normalized spacial score (nSPS) is 15.1. The number of nitrogens with zero attached hydrogens (tertiary/aromatic N) is 1. The third kappa shape index (κ3) is 3.91. The van der Waals surface area contributed by atoms with Crippen LogP contribution in [0.4, 0.5) is 0 Å². The molecule has 1 aliphatic heterocycles. The molecule has 0 aliphatic carbocycles. The molecule has 1 aliphatic rings. The van der Waals surface area contributed by atoms with Crippen LogP contribution in [0.1, 0.15) is 34.3 Å². The monoisotopic (exact) mass is 362 g/mol. The van der Waals surface area contributed by atoms with E-state index in [2.05, 4.69) is 40.3 Å². The van der Waals surface area contributed by atoms with Crippen molar-refractivity contribution in [1.29, 1.82) is 0 Å². The van der Waals surface area contributed by atoms with Crippen molar-refractivity contribution in [2.45, 2.75) is 25.8 Å². The molecule has 1 fully saturated rings. The molecule has 0 amide bonds. The molecule has 1 saturated heterocycles. The Balaban J connectivity index is 1.59. The number of nitrogens with one attached hydrogen (secondary N) is 1. The Morgan fingerprint density at radius 1 is 1.11 bits per heavy atom. The van der Waals surface area contributed by atoms with Crippen LogP contribution in [0.25, 0.3) is 10.9 Å². The van der Waals surface area contributed by atoms with Crippen molar-refractivity contribution in [3.63, 3.8) is 0 Å². The quantitative estimate of drug-likeness (QED) is 0.697. The van der Waals surface area contributed by atoms with Crippen LogP contribution in [-0.4, -0.2) is 30.7 Å². The molecule has 0 radical (unpaired) electrons. The van der Waals surface area contributed by atoms with Crippen molar-refractivity contribution in [2.24, 2.45) is 5.92 Å². The van der Waals surface area contributed by atoms with E-state index in [-0.39, 0.29) is 5.97 Å². The summed E-state index contributed by atoms with van der Waals surface area (Å²) in [7, 11) is 1.41. The summed E-state index contributed by atoms with van der Waals surface area (Å²) >= 11 is 0. The molecule has 0 unspecified atom stereocenters. The number of rotatable bonds is 5. The standard InChI is InChI=1S/C23H26N2O2/c1-27-23(26)19-8-6-17(7-9-19)14-20-16-25(15-18-10-12-24-13-11-18)22-5-3-2-4-21(20)22/h2-9,16,18,24H,10-15H2,1H3. The summed E-state index contributed by atoms with van der Waals surface area (Å²) in [5, 5.41) is 4.77. The first-order valence-electron chi connectivity index (χ1n) is 9.69. The fraction of sp³-hybridized carbons (Fsp3) is 0.348. The van der Waals surface area contributed by atoms with Crippen molar-refractivity contribution in [3.05, 3.63) is 71.4 Å². The lowest BCUT2D eigenvalue weighted by Crippen LogP contribution is -2.29. The first kappa shape index (κ1) is 17.8. The average molecular weight is 362 g/mol. The van der Waals surface area contributed by atoms with Gasteiger partial charge in [-0.1, -0.05) is 30.3 Å². The van der Waals surface area contributed by atoms with Gasteiger partial charge in [-0.05, 0) is 67.6 Å². The number of benzene rings is 2. The summed E-state index contributed by atoms with van der Waals surface area (Å²) in [6.45, 7) is 3.34. The van der Waals surface area contributed by atoms with Crippen LogP contribution in [0, 0.1) is 5.92 Å². The van der Waals surface area contributed by atoms with Crippen molar-refractivity contribution < 1.29 is 9.53 Å². The third-order valence-electron chi connectivity index (χ3n) is 5.55. The number of hydrogen-bond donors (Lipinski definition) is 1. The van der Waals surface area contributed by atoms with E-state index in [1.807, 2.05) is 24.3 Å². The first-order chi connectivity index (χ1) is 13.2. The minimum absolute atomic E-state index is 0.292. The highest BCUT2D eigenvalue weighted by Crippen LogP contribution is 2.26. The molecule has 4 rings (SSSR count).